The molecule has 0 radical (unpaired) electrons. The van der Waals surface area contributed by atoms with Crippen molar-refractivity contribution in [1.82, 2.24) is 4.98 Å². The lowest BCUT2D eigenvalue weighted by Gasteiger charge is -2.33. The first kappa shape index (κ1) is 11.5. The number of aromatic nitrogens is 1. The summed E-state index contributed by atoms with van der Waals surface area (Å²) < 4.78 is 0. The van der Waals surface area contributed by atoms with Gasteiger partial charge in [-0.2, -0.15) is 0 Å². The minimum Gasteiger partial charge on any atom is -0.394 e. The Bertz CT molecular complexity index is 300. The maximum atomic E-state index is 9.24. The molecule has 80 valence electrons. The number of aliphatic hydroxyl groups is 1. The molecule has 0 saturated carbocycles. The van der Waals surface area contributed by atoms with Crippen LogP contribution in [0.15, 0.2) is 0 Å². The summed E-state index contributed by atoms with van der Waals surface area (Å²) in [6.07, 6.45) is 0. The zero-order valence-electron chi connectivity index (χ0n) is 9.46. The monoisotopic (exact) mass is 214 g/mol. The van der Waals surface area contributed by atoms with Gasteiger partial charge in [-0.1, -0.05) is 0 Å². The number of nitrogens with zero attached hydrogens (tertiary/aromatic N) is 2. The molecule has 1 rings (SSSR count). The van der Waals surface area contributed by atoms with Gasteiger partial charge in [0.05, 0.1) is 17.8 Å². The summed E-state index contributed by atoms with van der Waals surface area (Å²) in [5, 5.41) is 10.2. The van der Waals surface area contributed by atoms with Crippen LogP contribution in [0.2, 0.25) is 0 Å². The molecule has 14 heavy (non-hydrogen) atoms. The van der Waals surface area contributed by atoms with Gasteiger partial charge in [0.1, 0.15) is 0 Å². The van der Waals surface area contributed by atoms with Crippen molar-refractivity contribution in [3.8, 4) is 0 Å². The fourth-order valence-electron chi connectivity index (χ4n) is 0.964. The third-order valence-corrected chi connectivity index (χ3v) is 3.75. The van der Waals surface area contributed by atoms with Gasteiger partial charge in [0.15, 0.2) is 5.13 Å². The van der Waals surface area contributed by atoms with E-state index in [0.29, 0.717) is 0 Å². The van der Waals surface area contributed by atoms with Crippen molar-refractivity contribution in [2.45, 2.75) is 33.2 Å². The van der Waals surface area contributed by atoms with Crippen molar-refractivity contribution in [2.75, 3.05) is 18.6 Å². The zero-order valence-corrected chi connectivity index (χ0v) is 10.3. The minimum absolute atomic E-state index is 0.126. The van der Waals surface area contributed by atoms with Crippen LogP contribution in [0.3, 0.4) is 0 Å². The van der Waals surface area contributed by atoms with Gasteiger partial charge in [0.25, 0.3) is 0 Å². The third-order valence-electron chi connectivity index (χ3n) is 2.60. The van der Waals surface area contributed by atoms with Crippen molar-refractivity contribution in [1.29, 1.82) is 0 Å². The molecule has 0 atom stereocenters. The second-order valence-corrected chi connectivity index (χ2v) is 5.35. The standard InChI is InChI=1S/C10H18N2OS/c1-7-8(2)14-9(11-7)12(5)10(3,4)6-13/h13H,6H2,1-5H3. The van der Waals surface area contributed by atoms with E-state index in [2.05, 4.69) is 11.9 Å². The van der Waals surface area contributed by atoms with Crippen LogP contribution in [0.25, 0.3) is 0 Å². The summed E-state index contributed by atoms with van der Waals surface area (Å²) >= 11 is 1.67. The predicted molar refractivity (Wildman–Crippen MR) is 61.2 cm³/mol. The fourth-order valence-corrected chi connectivity index (χ4v) is 2.00. The first-order chi connectivity index (χ1) is 6.38. The fraction of sp³-hybridized carbons (Fsp3) is 0.700. The maximum Gasteiger partial charge on any atom is 0.186 e. The van der Waals surface area contributed by atoms with E-state index in [4.69, 9.17) is 0 Å². The van der Waals surface area contributed by atoms with Crippen molar-refractivity contribution in [3.05, 3.63) is 10.6 Å². The van der Waals surface area contributed by atoms with Gasteiger partial charge in [0, 0.05) is 11.9 Å². The SMILES string of the molecule is Cc1nc(N(C)C(C)(C)CO)sc1C. The summed E-state index contributed by atoms with van der Waals surface area (Å²) in [7, 11) is 1.97. The second kappa shape index (κ2) is 3.87. The average molecular weight is 214 g/mol. The molecule has 0 aromatic carbocycles. The lowest BCUT2D eigenvalue weighted by Crippen LogP contribution is -2.44. The Labute approximate surface area is 89.4 Å². The van der Waals surface area contributed by atoms with Crippen LogP contribution in [0.5, 0.6) is 0 Å². The Morgan fingerprint density at radius 3 is 2.36 bits per heavy atom. The van der Waals surface area contributed by atoms with Crippen LogP contribution in [0, 0.1) is 13.8 Å². The normalized spacial score (nSPS) is 11.9. The Hall–Kier alpha value is -0.610. The highest BCUT2D eigenvalue weighted by Gasteiger charge is 2.25. The van der Waals surface area contributed by atoms with E-state index in [1.165, 1.54) is 4.88 Å². The summed E-state index contributed by atoms with van der Waals surface area (Å²) in [5.41, 5.74) is 0.821. The molecule has 1 N–H and O–H groups in total. The Morgan fingerprint density at radius 1 is 1.43 bits per heavy atom. The summed E-state index contributed by atoms with van der Waals surface area (Å²) in [4.78, 5) is 7.72. The van der Waals surface area contributed by atoms with Crippen LogP contribution in [-0.2, 0) is 0 Å². The van der Waals surface area contributed by atoms with Crippen molar-refractivity contribution in [3.63, 3.8) is 0 Å². The van der Waals surface area contributed by atoms with Gasteiger partial charge < -0.3 is 10.0 Å². The molecule has 0 fully saturated rings. The molecule has 0 saturated heterocycles. The van der Waals surface area contributed by atoms with Crippen molar-refractivity contribution < 1.29 is 5.11 Å². The van der Waals surface area contributed by atoms with E-state index < -0.39 is 0 Å². The second-order valence-electron chi connectivity index (χ2n) is 4.17. The number of hydrogen-bond donors (Lipinski definition) is 1. The molecule has 4 heteroatoms. The Balaban J connectivity index is 2.94. The van der Waals surface area contributed by atoms with Gasteiger partial charge in [-0.25, -0.2) is 4.98 Å². The van der Waals surface area contributed by atoms with E-state index in [1.54, 1.807) is 11.3 Å². The smallest absolute Gasteiger partial charge is 0.186 e. The number of rotatable bonds is 3. The molecule has 3 nitrogen and oxygen atoms in total. The van der Waals surface area contributed by atoms with Crippen LogP contribution >= 0.6 is 11.3 Å². The van der Waals surface area contributed by atoms with Crippen LogP contribution in [-0.4, -0.2) is 29.3 Å². The molecule has 0 spiro atoms. The van der Waals surface area contributed by atoms with Crippen LogP contribution in [0.1, 0.15) is 24.4 Å². The molecule has 0 amide bonds. The number of aryl methyl sites for hydroxylation is 2. The number of hydrogen-bond acceptors (Lipinski definition) is 4. The van der Waals surface area contributed by atoms with E-state index in [9.17, 15) is 5.11 Å². The highest BCUT2D eigenvalue weighted by atomic mass is 32.1. The predicted octanol–water partition coefficient (Wildman–Crippen LogP) is 1.97. The molecule has 0 bridgehead atoms. The highest BCUT2D eigenvalue weighted by molar-refractivity contribution is 7.15. The molecule has 0 unspecified atom stereocenters. The van der Waals surface area contributed by atoms with Gasteiger partial charge in [-0.15, -0.1) is 11.3 Å². The summed E-state index contributed by atoms with van der Waals surface area (Å²) in [5.74, 6) is 0. The molecular weight excluding hydrogens is 196 g/mol. The van der Waals surface area contributed by atoms with Crippen molar-refractivity contribution in [2.24, 2.45) is 0 Å². The molecule has 1 aromatic heterocycles. The topological polar surface area (TPSA) is 36.4 Å². The average Bonchev–Trinajstić information content (AvgIpc) is 2.45. The van der Waals surface area contributed by atoms with Crippen molar-refractivity contribution >= 4 is 16.5 Å². The van der Waals surface area contributed by atoms with Gasteiger partial charge in [0.2, 0.25) is 0 Å². The van der Waals surface area contributed by atoms with E-state index in [-0.39, 0.29) is 12.1 Å². The quantitative estimate of drug-likeness (QED) is 0.835. The summed E-state index contributed by atoms with van der Waals surface area (Å²) in [6, 6.07) is 0. The van der Waals surface area contributed by atoms with Crippen LogP contribution < -0.4 is 4.90 Å². The lowest BCUT2D eigenvalue weighted by molar-refractivity contribution is 0.216. The highest BCUT2D eigenvalue weighted by Crippen LogP contribution is 2.28. The van der Waals surface area contributed by atoms with Gasteiger partial charge >= 0.3 is 0 Å². The van der Waals surface area contributed by atoms with E-state index in [0.717, 1.165) is 10.8 Å². The molecular formula is C10H18N2OS. The number of anilines is 1. The maximum absolute atomic E-state index is 9.24. The first-order valence-corrected chi connectivity index (χ1v) is 5.49. The van der Waals surface area contributed by atoms with Crippen LogP contribution in [0.4, 0.5) is 5.13 Å². The lowest BCUT2D eigenvalue weighted by atomic mass is 10.1. The number of thiazole rings is 1. The molecule has 0 aliphatic carbocycles. The first-order valence-electron chi connectivity index (χ1n) is 4.67. The minimum atomic E-state index is -0.253. The molecule has 1 heterocycles. The van der Waals surface area contributed by atoms with E-state index >= 15 is 0 Å². The largest absolute Gasteiger partial charge is 0.394 e. The summed E-state index contributed by atoms with van der Waals surface area (Å²) in [6.45, 7) is 8.20. The number of likely N-dealkylation sites (N-methyl/N-ethyl adjacent to an activating group) is 1. The number of aliphatic hydroxyl groups excluding tert-OH is 1. The zero-order chi connectivity index (χ0) is 10.9. The van der Waals surface area contributed by atoms with E-state index in [1.807, 2.05) is 32.7 Å². The van der Waals surface area contributed by atoms with Gasteiger partial charge in [-0.05, 0) is 27.7 Å². The Morgan fingerprint density at radius 2 is 2.00 bits per heavy atom. The molecule has 1 aromatic rings. The molecule has 0 aliphatic rings. The third kappa shape index (κ3) is 2.07. The van der Waals surface area contributed by atoms with Gasteiger partial charge in [-0.3, -0.25) is 0 Å². The Kier molecular flexibility index (Phi) is 3.17. The molecule has 0 aliphatic heterocycles.